The Morgan fingerprint density at radius 1 is 0.564 bits per heavy atom. The van der Waals surface area contributed by atoms with Crippen molar-refractivity contribution in [3.05, 3.63) is 12.7 Å². The molecule has 0 aliphatic rings. The lowest BCUT2D eigenvalue weighted by Gasteiger charge is -2.24. The molecule has 0 aliphatic heterocycles. The van der Waals surface area contributed by atoms with E-state index in [0.717, 1.165) is 38.5 Å². The molecule has 4 nitrogen and oxygen atoms in total. The Morgan fingerprint density at radius 3 is 1.08 bits per heavy atom. The third kappa shape index (κ3) is 23.9. The predicted octanol–water partition coefficient (Wildman–Crippen LogP) is 11.9. The van der Waals surface area contributed by atoms with Crippen LogP contribution in [0.2, 0.25) is 0 Å². The summed E-state index contributed by atoms with van der Waals surface area (Å²) in [7, 11) is -4.25. The fraction of sp³-hybridized carbons (Fsp3) is 0.939. The summed E-state index contributed by atoms with van der Waals surface area (Å²) in [5.41, 5.74) is 0. The summed E-state index contributed by atoms with van der Waals surface area (Å²) >= 11 is 0. The van der Waals surface area contributed by atoms with Crippen LogP contribution in [0.25, 0.3) is 0 Å². The van der Waals surface area contributed by atoms with Crippen LogP contribution < -0.4 is 6.15 Å². The summed E-state index contributed by atoms with van der Waals surface area (Å²) < 4.78 is 45.9. The first kappa shape index (κ1) is 40.7. The largest absolute Gasteiger partial charge is 0.344 e. The zero-order valence-corrected chi connectivity index (χ0v) is 27.1. The lowest BCUT2D eigenvalue weighted by Crippen LogP contribution is -2.35. The number of unbranched alkanes of at least 4 members (excludes halogenated alkanes) is 23. The standard InChI is InChI=1S/C33H65FO3S.H3N/c1-4-7-9-11-13-15-16-17-18-19-20-21-23-25-27-29-31-33(34,38(35,36)37-32-6-3)30-28-26-24-22-14-12-10-8-5-2;/h6H,3-5,7-32H2,1-2H3;1H3. The Labute approximate surface area is 244 Å². The highest BCUT2D eigenvalue weighted by Gasteiger charge is 2.44. The van der Waals surface area contributed by atoms with Crippen molar-refractivity contribution in [2.75, 3.05) is 6.61 Å². The van der Waals surface area contributed by atoms with E-state index in [4.69, 9.17) is 4.18 Å². The Kier molecular flexibility index (Phi) is 30.3. The van der Waals surface area contributed by atoms with Crippen molar-refractivity contribution in [3.8, 4) is 0 Å². The lowest BCUT2D eigenvalue weighted by molar-refractivity contribution is 0.189. The molecule has 39 heavy (non-hydrogen) atoms. The summed E-state index contributed by atoms with van der Waals surface area (Å²) in [4.78, 5) is 0. The van der Waals surface area contributed by atoms with Crippen LogP contribution >= 0.6 is 0 Å². The van der Waals surface area contributed by atoms with Gasteiger partial charge in [0.2, 0.25) is 5.00 Å². The average molecular weight is 578 g/mol. The Bertz CT molecular complexity index is 614. The Morgan fingerprint density at radius 2 is 0.821 bits per heavy atom. The van der Waals surface area contributed by atoms with Crippen molar-refractivity contribution >= 4 is 10.1 Å². The van der Waals surface area contributed by atoms with Gasteiger partial charge in [-0.2, -0.15) is 8.42 Å². The zero-order valence-electron chi connectivity index (χ0n) is 26.3. The van der Waals surface area contributed by atoms with E-state index >= 15 is 4.39 Å². The molecule has 0 heterocycles. The highest BCUT2D eigenvalue weighted by atomic mass is 32.2. The molecule has 0 aromatic heterocycles. The Balaban J connectivity index is 0. The molecular weight excluding hydrogens is 509 g/mol. The average Bonchev–Trinajstić information content (AvgIpc) is 2.90. The van der Waals surface area contributed by atoms with E-state index in [1.54, 1.807) is 0 Å². The minimum Gasteiger partial charge on any atom is -0.344 e. The van der Waals surface area contributed by atoms with Gasteiger partial charge in [0.15, 0.2) is 0 Å². The van der Waals surface area contributed by atoms with Gasteiger partial charge in [0.1, 0.15) is 0 Å². The van der Waals surface area contributed by atoms with E-state index in [1.807, 2.05) is 0 Å². The summed E-state index contributed by atoms with van der Waals surface area (Å²) in [6.07, 6.45) is 31.4. The molecule has 0 aromatic rings. The number of alkyl halides is 1. The van der Waals surface area contributed by atoms with Gasteiger partial charge in [-0.1, -0.05) is 168 Å². The quantitative estimate of drug-likeness (QED) is 0.0505. The minimum atomic E-state index is -4.25. The van der Waals surface area contributed by atoms with Gasteiger partial charge in [-0.15, -0.1) is 6.58 Å². The monoisotopic (exact) mass is 577 g/mol. The molecule has 0 amide bonds. The van der Waals surface area contributed by atoms with Crippen LogP contribution in [0, 0.1) is 0 Å². The molecule has 236 valence electrons. The van der Waals surface area contributed by atoms with Crippen LogP contribution in [0.15, 0.2) is 12.7 Å². The maximum Gasteiger partial charge on any atom is 0.303 e. The third-order valence-corrected chi connectivity index (χ3v) is 9.60. The number of hydrogen-bond donors (Lipinski definition) is 1. The van der Waals surface area contributed by atoms with Gasteiger partial charge in [-0.25, -0.2) is 4.39 Å². The first-order chi connectivity index (χ1) is 18.4. The van der Waals surface area contributed by atoms with Gasteiger partial charge in [0.25, 0.3) is 0 Å². The highest BCUT2D eigenvalue weighted by molar-refractivity contribution is 7.88. The zero-order chi connectivity index (χ0) is 28.2. The van der Waals surface area contributed by atoms with Crippen molar-refractivity contribution in [2.45, 2.75) is 192 Å². The van der Waals surface area contributed by atoms with Gasteiger partial charge in [-0.05, 0) is 25.7 Å². The van der Waals surface area contributed by atoms with Crippen molar-refractivity contribution in [1.29, 1.82) is 0 Å². The van der Waals surface area contributed by atoms with E-state index in [1.165, 1.54) is 115 Å². The minimum absolute atomic E-state index is 0. The maximum atomic E-state index is 15.7. The molecule has 1 atom stereocenters. The third-order valence-electron chi connectivity index (χ3n) is 7.85. The first-order valence-corrected chi connectivity index (χ1v) is 18.0. The molecule has 0 bridgehead atoms. The van der Waals surface area contributed by atoms with Gasteiger partial charge in [0, 0.05) is 0 Å². The van der Waals surface area contributed by atoms with Gasteiger partial charge in [0.05, 0.1) is 6.61 Å². The molecule has 6 heteroatoms. The maximum absolute atomic E-state index is 15.7. The second-order valence-electron chi connectivity index (χ2n) is 11.5. The Hall–Kier alpha value is -0.460. The molecular formula is C33H68FNO3S. The van der Waals surface area contributed by atoms with Gasteiger partial charge < -0.3 is 6.15 Å². The molecule has 0 radical (unpaired) electrons. The smallest absolute Gasteiger partial charge is 0.303 e. The van der Waals surface area contributed by atoms with Gasteiger partial charge in [-0.3, -0.25) is 4.18 Å². The van der Waals surface area contributed by atoms with Crippen LogP contribution in [-0.2, 0) is 14.3 Å². The molecule has 3 N–H and O–H groups in total. The van der Waals surface area contributed by atoms with E-state index in [2.05, 4.69) is 20.4 Å². The van der Waals surface area contributed by atoms with Crippen molar-refractivity contribution < 1.29 is 17.0 Å². The lowest BCUT2D eigenvalue weighted by atomic mass is 10.0. The van der Waals surface area contributed by atoms with E-state index in [0.29, 0.717) is 12.8 Å². The molecule has 0 aliphatic carbocycles. The van der Waals surface area contributed by atoms with Crippen molar-refractivity contribution in [3.63, 3.8) is 0 Å². The SMILES string of the molecule is C=CCOS(=O)(=O)C(F)(CCCCCCCCCCC)CCCCCCCCCCCCCCCCCC.N. The second-order valence-corrected chi connectivity index (χ2v) is 13.4. The molecule has 1 unspecified atom stereocenters. The van der Waals surface area contributed by atoms with Crippen LogP contribution in [0.3, 0.4) is 0 Å². The summed E-state index contributed by atoms with van der Waals surface area (Å²) in [6, 6.07) is 0. The van der Waals surface area contributed by atoms with Crippen molar-refractivity contribution in [2.24, 2.45) is 0 Å². The normalized spacial score (nSPS) is 13.2. The molecule has 0 saturated carbocycles. The molecule has 0 aromatic carbocycles. The van der Waals surface area contributed by atoms with Crippen LogP contribution in [0.5, 0.6) is 0 Å². The van der Waals surface area contributed by atoms with Crippen molar-refractivity contribution in [1.82, 2.24) is 6.15 Å². The van der Waals surface area contributed by atoms with Crippen LogP contribution in [0.1, 0.15) is 187 Å². The summed E-state index contributed by atoms with van der Waals surface area (Å²) in [6.45, 7) is 7.83. The fourth-order valence-electron chi connectivity index (χ4n) is 5.26. The summed E-state index contributed by atoms with van der Waals surface area (Å²) in [5, 5.41) is -2.27. The summed E-state index contributed by atoms with van der Waals surface area (Å²) in [5.74, 6) is 0. The van der Waals surface area contributed by atoms with Crippen LogP contribution in [-0.4, -0.2) is 20.0 Å². The van der Waals surface area contributed by atoms with E-state index < -0.39 is 15.1 Å². The second kappa shape index (κ2) is 29.0. The highest BCUT2D eigenvalue weighted by Crippen LogP contribution is 2.34. The predicted molar refractivity (Wildman–Crippen MR) is 170 cm³/mol. The van der Waals surface area contributed by atoms with Crippen LogP contribution in [0.4, 0.5) is 4.39 Å². The molecule has 0 fully saturated rings. The van der Waals surface area contributed by atoms with Gasteiger partial charge >= 0.3 is 10.1 Å². The fourth-order valence-corrected chi connectivity index (χ4v) is 6.53. The topological polar surface area (TPSA) is 78.4 Å². The van der Waals surface area contributed by atoms with E-state index in [9.17, 15) is 8.42 Å². The molecule has 0 spiro atoms. The number of hydrogen-bond acceptors (Lipinski definition) is 4. The molecule has 0 rings (SSSR count). The van der Waals surface area contributed by atoms with E-state index in [-0.39, 0.29) is 25.6 Å². The number of rotatable bonds is 31. The number of halogens is 1. The molecule has 0 saturated heterocycles. The first-order valence-electron chi connectivity index (χ1n) is 16.6.